The van der Waals surface area contributed by atoms with Gasteiger partial charge in [0.25, 0.3) is 0 Å². The van der Waals surface area contributed by atoms with Crippen molar-refractivity contribution < 1.29 is 0 Å². The molecule has 1 rings (SSSR count). The first kappa shape index (κ1) is 11.5. The molecule has 0 aliphatic rings. The molecule has 0 aliphatic carbocycles. The van der Waals surface area contributed by atoms with Gasteiger partial charge in [0.05, 0.1) is 12.2 Å². The first-order valence-corrected chi connectivity index (χ1v) is 5.64. The fraction of sp³-hybridized carbons (Fsp3) is 0.300. The smallest absolute Gasteiger partial charge is 0.183 e. The zero-order valence-corrected chi connectivity index (χ0v) is 9.51. The van der Waals surface area contributed by atoms with Crippen LogP contribution in [0.25, 0.3) is 0 Å². The van der Waals surface area contributed by atoms with Gasteiger partial charge in [-0.2, -0.15) is 5.26 Å². The summed E-state index contributed by atoms with van der Waals surface area (Å²) in [4.78, 5) is 8.46. The molecule has 1 aromatic rings. The van der Waals surface area contributed by atoms with Crippen molar-refractivity contribution in [3.8, 4) is 6.19 Å². The van der Waals surface area contributed by atoms with E-state index in [0.29, 0.717) is 11.7 Å². The predicted molar refractivity (Wildman–Crippen MR) is 62.4 cm³/mol. The van der Waals surface area contributed by atoms with E-state index in [4.69, 9.17) is 5.26 Å². The number of aliphatic imine (C=N–C) groups is 1. The van der Waals surface area contributed by atoms with E-state index in [0.717, 1.165) is 11.3 Å². The predicted octanol–water partition coefficient (Wildman–Crippen LogP) is 1.68. The van der Waals surface area contributed by atoms with Crippen molar-refractivity contribution in [1.82, 2.24) is 10.3 Å². The largest absolute Gasteiger partial charge is 0.272 e. The van der Waals surface area contributed by atoms with E-state index in [1.807, 2.05) is 31.5 Å². The Morgan fingerprint density at radius 1 is 1.73 bits per heavy atom. The van der Waals surface area contributed by atoms with Crippen molar-refractivity contribution in [2.45, 2.75) is 13.5 Å². The summed E-state index contributed by atoms with van der Waals surface area (Å²) in [7, 11) is 0. The van der Waals surface area contributed by atoms with Gasteiger partial charge in [0, 0.05) is 6.20 Å². The van der Waals surface area contributed by atoms with Gasteiger partial charge in [-0.1, -0.05) is 17.8 Å². The molecule has 5 heteroatoms. The Balaban J connectivity index is 2.71. The summed E-state index contributed by atoms with van der Waals surface area (Å²) in [6, 6.07) is 3.89. The maximum Gasteiger partial charge on any atom is 0.183 e. The highest BCUT2D eigenvalue weighted by Crippen LogP contribution is 2.05. The number of rotatable bonds is 2. The minimum absolute atomic E-state index is 0.498. The number of aryl methyl sites for hydroxylation is 1. The SMILES string of the molecule is CSC(=NCc1ncccc1C)NC#N. The molecule has 0 saturated carbocycles. The molecule has 0 saturated heterocycles. The second-order valence-corrected chi connectivity index (χ2v) is 3.62. The molecule has 0 bridgehead atoms. The second-order valence-electron chi connectivity index (χ2n) is 2.83. The molecule has 0 aromatic carbocycles. The Morgan fingerprint density at radius 2 is 2.53 bits per heavy atom. The van der Waals surface area contributed by atoms with Crippen molar-refractivity contribution >= 4 is 16.9 Å². The van der Waals surface area contributed by atoms with Gasteiger partial charge < -0.3 is 0 Å². The van der Waals surface area contributed by atoms with Gasteiger partial charge >= 0.3 is 0 Å². The van der Waals surface area contributed by atoms with E-state index in [1.165, 1.54) is 11.8 Å². The van der Waals surface area contributed by atoms with Crippen LogP contribution >= 0.6 is 11.8 Å². The van der Waals surface area contributed by atoms with Gasteiger partial charge in [-0.05, 0) is 24.8 Å². The van der Waals surface area contributed by atoms with E-state index in [-0.39, 0.29) is 0 Å². The number of pyridine rings is 1. The van der Waals surface area contributed by atoms with Gasteiger partial charge in [0.1, 0.15) is 0 Å². The highest BCUT2D eigenvalue weighted by atomic mass is 32.2. The van der Waals surface area contributed by atoms with Crippen molar-refractivity contribution in [2.75, 3.05) is 6.26 Å². The molecular formula is C10H12N4S. The van der Waals surface area contributed by atoms with E-state index in [1.54, 1.807) is 6.20 Å². The molecule has 0 atom stereocenters. The molecule has 0 spiro atoms. The number of nitrogens with zero attached hydrogens (tertiary/aromatic N) is 3. The standard InChI is InChI=1S/C10H12N4S/c1-8-4-3-5-12-9(8)6-13-10(15-2)14-7-11/h3-5H,6H2,1-2H3,(H,13,14). The molecule has 15 heavy (non-hydrogen) atoms. The Morgan fingerprint density at radius 3 is 3.13 bits per heavy atom. The van der Waals surface area contributed by atoms with E-state index in [2.05, 4.69) is 15.3 Å². The zero-order valence-electron chi connectivity index (χ0n) is 8.69. The van der Waals surface area contributed by atoms with Crippen LogP contribution in [0.4, 0.5) is 0 Å². The summed E-state index contributed by atoms with van der Waals surface area (Å²) in [6.07, 6.45) is 5.46. The van der Waals surface area contributed by atoms with Crippen molar-refractivity contribution in [3.63, 3.8) is 0 Å². The molecule has 1 aromatic heterocycles. The maximum atomic E-state index is 8.45. The van der Waals surface area contributed by atoms with Crippen LogP contribution in [0.3, 0.4) is 0 Å². The van der Waals surface area contributed by atoms with Gasteiger partial charge in [0.15, 0.2) is 11.4 Å². The molecule has 78 valence electrons. The van der Waals surface area contributed by atoms with E-state index < -0.39 is 0 Å². The molecule has 0 radical (unpaired) electrons. The van der Waals surface area contributed by atoms with Crippen LogP contribution in [0, 0.1) is 18.4 Å². The van der Waals surface area contributed by atoms with Crippen LogP contribution in [0.5, 0.6) is 0 Å². The van der Waals surface area contributed by atoms with Gasteiger partial charge in [-0.25, -0.2) is 0 Å². The summed E-state index contributed by atoms with van der Waals surface area (Å²) in [5, 5.41) is 11.6. The normalized spacial score (nSPS) is 10.9. The molecular weight excluding hydrogens is 208 g/mol. The average molecular weight is 220 g/mol. The maximum absolute atomic E-state index is 8.45. The van der Waals surface area contributed by atoms with Gasteiger partial charge in [-0.3, -0.25) is 15.3 Å². The Hall–Kier alpha value is -1.54. The van der Waals surface area contributed by atoms with Crippen molar-refractivity contribution in [1.29, 1.82) is 5.26 Å². The molecule has 0 aliphatic heterocycles. The second kappa shape index (κ2) is 6.04. The summed E-state index contributed by atoms with van der Waals surface area (Å²) in [6.45, 7) is 2.49. The number of thioether (sulfide) groups is 1. The number of hydrogen-bond acceptors (Lipinski definition) is 4. The molecule has 0 unspecified atom stereocenters. The average Bonchev–Trinajstić information content (AvgIpc) is 2.26. The highest BCUT2D eigenvalue weighted by Gasteiger charge is 1.99. The van der Waals surface area contributed by atoms with E-state index >= 15 is 0 Å². The lowest BCUT2D eigenvalue weighted by Crippen LogP contribution is -2.13. The third-order valence-corrected chi connectivity index (χ3v) is 2.46. The fourth-order valence-corrected chi connectivity index (χ4v) is 1.37. The first-order chi connectivity index (χ1) is 7.27. The zero-order chi connectivity index (χ0) is 11.1. The third kappa shape index (κ3) is 3.60. The van der Waals surface area contributed by atoms with Crippen LogP contribution < -0.4 is 5.32 Å². The lowest BCUT2D eigenvalue weighted by atomic mass is 10.2. The molecule has 0 fully saturated rings. The van der Waals surface area contributed by atoms with Crippen LogP contribution in [-0.4, -0.2) is 16.4 Å². The quantitative estimate of drug-likeness (QED) is 0.356. The summed E-state index contributed by atoms with van der Waals surface area (Å²) >= 11 is 1.41. The lowest BCUT2D eigenvalue weighted by molar-refractivity contribution is 0.964. The Kier molecular flexibility index (Phi) is 4.64. The van der Waals surface area contributed by atoms with Crippen molar-refractivity contribution in [3.05, 3.63) is 29.6 Å². The summed E-state index contributed by atoms with van der Waals surface area (Å²) in [5.74, 6) is 0. The minimum Gasteiger partial charge on any atom is -0.272 e. The van der Waals surface area contributed by atoms with Crippen LogP contribution in [0.2, 0.25) is 0 Å². The summed E-state index contributed by atoms with van der Waals surface area (Å²) in [5.41, 5.74) is 2.04. The topological polar surface area (TPSA) is 61.1 Å². The third-order valence-electron chi connectivity index (χ3n) is 1.85. The Labute approximate surface area is 93.4 Å². The van der Waals surface area contributed by atoms with Gasteiger partial charge in [-0.15, -0.1) is 0 Å². The number of amidine groups is 1. The van der Waals surface area contributed by atoms with Crippen LogP contribution in [0.15, 0.2) is 23.3 Å². The van der Waals surface area contributed by atoms with Crippen LogP contribution in [-0.2, 0) is 6.54 Å². The molecule has 0 amide bonds. The number of hydrogen-bond donors (Lipinski definition) is 1. The van der Waals surface area contributed by atoms with E-state index in [9.17, 15) is 0 Å². The molecule has 1 heterocycles. The number of nitriles is 1. The Bertz CT molecular complexity index is 395. The fourth-order valence-electron chi connectivity index (χ4n) is 1.03. The monoisotopic (exact) mass is 220 g/mol. The highest BCUT2D eigenvalue weighted by molar-refractivity contribution is 8.13. The first-order valence-electron chi connectivity index (χ1n) is 4.42. The number of nitrogens with one attached hydrogen (secondary N) is 1. The lowest BCUT2D eigenvalue weighted by Gasteiger charge is -2.02. The minimum atomic E-state index is 0.498. The summed E-state index contributed by atoms with van der Waals surface area (Å²) < 4.78 is 0. The van der Waals surface area contributed by atoms with Crippen molar-refractivity contribution in [2.24, 2.45) is 4.99 Å². The molecule has 4 nitrogen and oxygen atoms in total. The van der Waals surface area contributed by atoms with Crippen LogP contribution in [0.1, 0.15) is 11.3 Å². The molecule has 1 N–H and O–H groups in total. The van der Waals surface area contributed by atoms with Gasteiger partial charge in [0.2, 0.25) is 0 Å². The number of aromatic nitrogens is 1.